The van der Waals surface area contributed by atoms with Gasteiger partial charge in [0.25, 0.3) is 0 Å². The van der Waals surface area contributed by atoms with E-state index in [1.54, 1.807) is 6.92 Å². The zero-order valence-electron chi connectivity index (χ0n) is 9.91. The highest BCUT2D eigenvalue weighted by Gasteiger charge is 2.22. The van der Waals surface area contributed by atoms with Crippen molar-refractivity contribution in [2.75, 3.05) is 19.5 Å². The summed E-state index contributed by atoms with van der Waals surface area (Å²) in [5.74, 6) is -0.760. The Morgan fingerprint density at radius 2 is 2.17 bits per heavy atom. The van der Waals surface area contributed by atoms with Gasteiger partial charge < -0.3 is 10.5 Å². The molecule has 0 aromatic heterocycles. The number of nitrogens with two attached hydrogens (primary N) is 1. The van der Waals surface area contributed by atoms with Gasteiger partial charge in [-0.05, 0) is 19.1 Å². The van der Waals surface area contributed by atoms with Crippen molar-refractivity contribution in [3.8, 4) is 0 Å². The van der Waals surface area contributed by atoms with Gasteiger partial charge in [0.2, 0.25) is 10.0 Å². The summed E-state index contributed by atoms with van der Waals surface area (Å²) in [7, 11) is -2.41. The van der Waals surface area contributed by atoms with Crippen LogP contribution in [-0.4, -0.2) is 28.2 Å². The SMILES string of the molecule is COCC(C)NS(=O)(=O)c1cc(N)c(F)cc1Cl. The average Bonchev–Trinajstić information content (AvgIpc) is 2.22. The van der Waals surface area contributed by atoms with Crippen LogP contribution in [0.25, 0.3) is 0 Å². The highest BCUT2D eigenvalue weighted by Crippen LogP contribution is 2.26. The number of hydrogen-bond acceptors (Lipinski definition) is 4. The first-order chi connectivity index (χ1) is 8.27. The largest absolute Gasteiger partial charge is 0.396 e. The second-order valence-corrected chi connectivity index (χ2v) is 5.87. The lowest BCUT2D eigenvalue weighted by Crippen LogP contribution is -2.35. The summed E-state index contributed by atoms with van der Waals surface area (Å²) in [5.41, 5.74) is 5.05. The summed E-state index contributed by atoms with van der Waals surface area (Å²) in [6.45, 7) is 1.83. The van der Waals surface area contributed by atoms with Crippen LogP contribution in [0, 0.1) is 5.82 Å². The maximum Gasteiger partial charge on any atom is 0.242 e. The minimum Gasteiger partial charge on any atom is -0.396 e. The number of ether oxygens (including phenoxy) is 1. The molecule has 0 aliphatic rings. The Labute approximate surface area is 110 Å². The van der Waals surface area contributed by atoms with Crippen LogP contribution in [0.2, 0.25) is 5.02 Å². The fourth-order valence-corrected chi connectivity index (χ4v) is 3.14. The van der Waals surface area contributed by atoms with Gasteiger partial charge in [0.05, 0.1) is 17.3 Å². The first kappa shape index (κ1) is 15.2. The van der Waals surface area contributed by atoms with Gasteiger partial charge >= 0.3 is 0 Å². The van der Waals surface area contributed by atoms with E-state index in [0.29, 0.717) is 0 Å². The number of hydrogen-bond donors (Lipinski definition) is 2. The first-order valence-electron chi connectivity index (χ1n) is 5.03. The van der Waals surface area contributed by atoms with Gasteiger partial charge in [-0.25, -0.2) is 17.5 Å². The molecule has 3 N–H and O–H groups in total. The van der Waals surface area contributed by atoms with Crippen LogP contribution < -0.4 is 10.5 Å². The minimum absolute atomic E-state index is 0.202. The Kier molecular flexibility index (Phi) is 4.92. The van der Waals surface area contributed by atoms with Crippen LogP contribution >= 0.6 is 11.6 Å². The molecule has 0 radical (unpaired) electrons. The van der Waals surface area contributed by atoms with Gasteiger partial charge in [0.1, 0.15) is 10.7 Å². The van der Waals surface area contributed by atoms with Crippen LogP contribution in [-0.2, 0) is 14.8 Å². The molecule has 0 spiro atoms. The van der Waals surface area contributed by atoms with Crippen LogP contribution in [0.1, 0.15) is 6.92 Å². The Hall–Kier alpha value is -0.890. The number of methoxy groups -OCH3 is 1. The van der Waals surface area contributed by atoms with Gasteiger partial charge in [0.15, 0.2) is 0 Å². The molecule has 0 amide bonds. The molecule has 5 nitrogen and oxygen atoms in total. The lowest BCUT2D eigenvalue weighted by molar-refractivity contribution is 0.180. The second-order valence-electron chi connectivity index (χ2n) is 3.78. The van der Waals surface area contributed by atoms with E-state index < -0.39 is 21.9 Å². The summed E-state index contributed by atoms with van der Waals surface area (Å²) < 4.78 is 44.2. The van der Waals surface area contributed by atoms with E-state index in [1.807, 2.05) is 0 Å². The van der Waals surface area contributed by atoms with E-state index in [4.69, 9.17) is 22.1 Å². The predicted octanol–water partition coefficient (Wildman–Crippen LogP) is 1.37. The van der Waals surface area contributed by atoms with Crippen molar-refractivity contribution in [1.29, 1.82) is 0 Å². The molecule has 0 aliphatic carbocycles. The molecule has 1 aromatic rings. The summed E-state index contributed by atoms with van der Waals surface area (Å²) >= 11 is 5.70. The van der Waals surface area contributed by atoms with Gasteiger partial charge in [-0.1, -0.05) is 11.6 Å². The van der Waals surface area contributed by atoms with Gasteiger partial charge in [-0.2, -0.15) is 0 Å². The number of sulfonamides is 1. The molecule has 1 rings (SSSR count). The molecule has 0 aliphatic heterocycles. The molecular formula is C10H14ClFN2O3S. The highest BCUT2D eigenvalue weighted by atomic mass is 35.5. The standard InChI is InChI=1S/C10H14ClFN2O3S/c1-6(5-17-2)14-18(15,16)10-4-9(13)8(12)3-7(10)11/h3-4,6,14H,5,13H2,1-2H3. The van der Waals surface area contributed by atoms with Crippen molar-refractivity contribution in [3.63, 3.8) is 0 Å². The van der Waals surface area contributed by atoms with Crippen LogP contribution in [0.4, 0.5) is 10.1 Å². The highest BCUT2D eigenvalue weighted by molar-refractivity contribution is 7.89. The third kappa shape index (κ3) is 3.55. The molecule has 8 heteroatoms. The normalized spacial score (nSPS) is 13.6. The van der Waals surface area contributed by atoms with Crippen molar-refractivity contribution >= 4 is 27.3 Å². The molecule has 1 aromatic carbocycles. The molecule has 0 bridgehead atoms. The zero-order valence-corrected chi connectivity index (χ0v) is 11.5. The van der Waals surface area contributed by atoms with E-state index in [0.717, 1.165) is 12.1 Å². The van der Waals surface area contributed by atoms with E-state index in [-0.39, 0.29) is 22.2 Å². The Balaban J connectivity index is 3.09. The number of nitrogens with one attached hydrogen (secondary N) is 1. The minimum atomic E-state index is -3.86. The molecule has 102 valence electrons. The third-order valence-corrected chi connectivity index (χ3v) is 4.17. The Morgan fingerprint density at radius 1 is 1.56 bits per heavy atom. The molecule has 0 fully saturated rings. The summed E-state index contributed by atoms with van der Waals surface area (Å²) in [4.78, 5) is -0.258. The monoisotopic (exact) mass is 296 g/mol. The van der Waals surface area contributed by atoms with Crippen molar-refractivity contribution in [1.82, 2.24) is 4.72 Å². The third-order valence-electron chi connectivity index (χ3n) is 2.11. The fraction of sp³-hybridized carbons (Fsp3) is 0.400. The molecule has 0 saturated carbocycles. The molecule has 1 atom stereocenters. The first-order valence-corrected chi connectivity index (χ1v) is 6.90. The molecule has 18 heavy (non-hydrogen) atoms. The molecule has 0 heterocycles. The summed E-state index contributed by atoms with van der Waals surface area (Å²) in [6, 6.07) is 1.41. The maximum atomic E-state index is 13.1. The second kappa shape index (κ2) is 5.83. The number of benzene rings is 1. The van der Waals surface area contributed by atoms with Crippen molar-refractivity contribution in [2.24, 2.45) is 0 Å². The van der Waals surface area contributed by atoms with E-state index in [2.05, 4.69) is 4.72 Å². The summed E-state index contributed by atoms with van der Waals surface area (Å²) in [5, 5.41) is -0.223. The van der Waals surface area contributed by atoms with Crippen molar-refractivity contribution in [3.05, 3.63) is 23.0 Å². The van der Waals surface area contributed by atoms with E-state index in [1.165, 1.54) is 7.11 Å². The van der Waals surface area contributed by atoms with Gasteiger partial charge in [-0.3, -0.25) is 0 Å². The molecule has 0 saturated heterocycles. The fourth-order valence-electron chi connectivity index (χ4n) is 1.36. The van der Waals surface area contributed by atoms with E-state index in [9.17, 15) is 12.8 Å². The molecule has 1 unspecified atom stereocenters. The average molecular weight is 297 g/mol. The summed E-state index contributed by atoms with van der Waals surface area (Å²) in [6.07, 6.45) is 0. The van der Waals surface area contributed by atoms with Crippen molar-refractivity contribution < 1.29 is 17.5 Å². The number of anilines is 1. The van der Waals surface area contributed by atoms with Gasteiger partial charge in [-0.15, -0.1) is 0 Å². The molecular weight excluding hydrogens is 283 g/mol. The lowest BCUT2D eigenvalue weighted by Gasteiger charge is -2.14. The topological polar surface area (TPSA) is 81.4 Å². The quantitative estimate of drug-likeness (QED) is 0.804. The maximum absolute atomic E-state index is 13.1. The van der Waals surface area contributed by atoms with E-state index >= 15 is 0 Å². The van der Waals surface area contributed by atoms with Crippen LogP contribution in [0.3, 0.4) is 0 Å². The Morgan fingerprint density at radius 3 is 2.72 bits per heavy atom. The van der Waals surface area contributed by atoms with Crippen molar-refractivity contribution in [2.45, 2.75) is 17.9 Å². The Bertz CT molecular complexity index is 536. The van der Waals surface area contributed by atoms with Crippen LogP contribution in [0.15, 0.2) is 17.0 Å². The van der Waals surface area contributed by atoms with Gasteiger partial charge in [0, 0.05) is 13.2 Å². The lowest BCUT2D eigenvalue weighted by atomic mass is 10.3. The van der Waals surface area contributed by atoms with Crippen LogP contribution in [0.5, 0.6) is 0 Å². The number of rotatable bonds is 5. The number of nitrogen functional groups attached to an aromatic ring is 1. The predicted molar refractivity (Wildman–Crippen MR) is 67.5 cm³/mol. The zero-order chi connectivity index (χ0) is 13.9. The number of halogens is 2. The smallest absolute Gasteiger partial charge is 0.242 e.